The second kappa shape index (κ2) is 5.79. The maximum atomic E-state index is 14.0. The number of carbonyl (C=O) groups is 1. The van der Waals surface area contributed by atoms with Gasteiger partial charge in [-0.15, -0.1) is 0 Å². The molecule has 6 heteroatoms. The van der Waals surface area contributed by atoms with Gasteiger partial charge in [0.25, 0.3) is 5.56 Å². The highest BCUT2D eigenvalue weighted by molar-refractivity contribution is 5.93. The van der Waals surface area contributed by atoms with Crippen molar-refractivity contribution in [1.82, 2.24) is 9.13 Å². The number of carbonyl (C=O) groups excluding carboxylic acids is 1. The van der Waals surface area contributed by atoms with Crippen molar-refractivity contribution in [3.8, 4) is 5.75 Å². The molecular formula is C22H17FN2O3. The Morgan fingerprint density at radius 1 is 1.04 bits per heavy atom. The van der Waals surface area contributed by atoms with Crippen LogP contribution in [-0.4, -0.2) is 15.1 Å². The molecule has 5 rings (SSSR count). The smallest absolute Gasteiger partial charge is 0.312 e. The predicted molar refractivity (Wildman–Crippen MR) is 104 cm³/mol. The van der Waals surface area contributed by atoms with E-state index in [9.17, 15) is 14.0 Å². The Balaban J connectivity index is 1.87. The van der Waals surface area contributed by atoms with Gasteiger partial charge in [-0.3, -0.25) is 9.59 Å². The summed E-state index contributed by atoms with van der Waals surface area (Å²) in [4.78, 5) is 25.7. The predicted octanol–water partition coefficient (Wildman–Crippen LogP) is 3.61. The molecule has 0 saturated heterocycles. The number of pyridine rings is 1. The maximum absolute atomic E-state index is 14.0. The third-order valence-corrected chi connectivity index (χ3v) is 5.58. The van der Waals surface area contributed by atoms with Crippen LogP contribution in [0.3, 0.4) is 0 Å². The van der Waals surface area contributed by atoms with Gasteiger partial charge in [-0.25, -0.2) is 4.39 Å². The first-order valence-corrected chi connectivity index (χ1v) is 9.02. The lowest BCUT2D eigenvalue weighted by Crippen LogP contribution is -2.31. The number of aryl methyl sites for hydroxylation is 2. The van der Waals surface area contributed by atoms with E-state index in [1.165, 1.54) is 12.1 Å². The van der Waals surface area contributed by atoms with Crippen LogP contribution < -0.4 is 10.3 Å². The molecule has 0 unspecified atom stereocenters. The number of hydrogen-bond acceptors (Lipinski definition) is 3. The molecule has 140 valence electrons. The molecule has 3 heterocycles. The molecule has 0 fully saturated rings. The lowest BCUT2D eigenvalue weighted by Gasteiger charge is -2.26. The van der Waals surface area contributed by atoms with Gasteiger partial charge in [0.2, 0.25) is 0 Å². The molecule has 0 bridgehead atoms. The van der Waals surface area contributed by atoms with E-state index in [1.54, 1.807) is 17.7 Å². The van der Waals surface area contributed by atoms with E-state index in [1.807, 2.05) is 42.1 Å². The lowest BCUT2D eigenvalue weighted by atomic mass is 9.86. The van der Waals surface area contributed by atoms with Crippen LogP contribution in [0.4, 0.5) is 4.39 Å². The van der Waals surface area contributed by atoms with Gasteiger partial charge < -0.3 is 13.9 Å². The summed E-state index contributed by atoms with van der Waals surface area (Å²) in [6.07, 6.45) is 1.90. The topological polar surface area (TPSA) is 53.2 Å². The molecule has 1 atom stereocenters. The van der Waals surface area contributed by atoms with E-state index in [-0.39, 0.29) is 17.8 Å². The molecule has 28 heavy (non-hydrogen) atoms. The van der Waals surface area contributed by atoms with Crippen molar-refractivity contribution >= 4 is 27.8 Å². The highest BCUT2D eigenvalue weighted by Crippen LogP contribution is 2.42. The Morgan fingerprint density at radius 2 is 1.82 bits per heavy atom. The molecule has 2 aromatic carbocycles. The number of nitrogens with zero attached hydrogens (tertiary/aromatic N) is 2. The summed E-state index contributed by atoms with van der Waals surface area (Å²) >= 11 is 0. The van der Waals surface area contributed by atoms with Gasteiger partial charge in [0.1, 0.15) is 11.6 Å². The van der Waals surface area contributed by atoms with Gasteiger partial charge in [0, 0.05) is 42.5 Å². The third-order valence-electron chi connectivity index (χ3n) is 5.58. The van der Waals surface area contributed by atoms with Crippen molar-refractivity contribution in [2.24, 2.45) is 14.1 Å². The number of aromatic nitrogens is 2. The Bertz CT molecular complexity index is 1350. The van der Waals surface area contributed by atoms with Crippen molar-refractivity contribution in [2.45, 2.75) is 12.3 Å². The maximum Gasteiger partial charge on any atom is 0.312 e. The fourth-order valence-corrected chi connectivity index (χ4v) is 4.27. The number of fused-ring (bicyclic) bond motifs is 4. The molecule has 4 aromatic rings. The molecule has 0 radical (unpaired) electrons. The second-order valence-electron chi connectivity index (χ2n) is 7.21. The van der Waals surface area contributed by atoms with Crippen LogP contribution in [0, 0.1) is 5.82 Å². The Kier molecular flexibility index (Phi) is 3.46. The van der Waals surface area contributed by atoms with Gasteiger partial charge in [0.15, 0.2) is 0 Å². The summed E-state index contributed by atoms with van der Waals surface area (Å²) in [5, 5.41) is 1.41. The summed E-state index contributed by atoms with van der Waals surface area (Å²) in [5.41, 5.74) is 2.53. The standard InChI is InChI=1S/C22H17FN2O3/c1-24-11-16(14-9-12(23)7-8-17(14)24)15-10-19(26)28-21-13-5-3-4-6-18(13)25(2)22(27)20(15)21/h3-9,11,15H,10H2,1-2H3/t15-/m0/s1. The zero-order valence-electron chi connectivity index (χ0n) is 15.4. The Hall–Kier alpha value is -3.41. The van der Waals surface area contributed by atoms with Crippen LogP contribution in [0.15, 0.2) is 53.5 Å². The van der Waals surface area contributed by atoms with Crippen molar-refractivity contribution in [1.29, 1.82) is 0 Å². The highest BCUT2D eigenvalue weighted by atomic mass is 19.1. The average molecular weight is 376 g/mol. The van der Waals surface area contributed by atoms with Crippen molar-refractivity contribution in [3.63, 3.8) is 0 Å². The molecule has 0 saturated carbocycles. The van der Waals surface area contributed by atoms with Crippen LogP contribution in [0.1, 0.15) is 23.5 Å². The zero-order valence-corrected chi connectivity index (χ0v) is 15.4. The minimum absolute atomic E-state index is 0.0379. The molecule has 0 spiro atoms. The molecule has 2 aromatic heterocycles. The van der Waals surface area contributed by atoms with Crippen LogP contribution >= 0.6 is 0 Å². The minimum Gasteiger partial charge on any atom is -0.425 e. The SMILES string of the molecule is Cn1cc([C@@H]2CC(=O)Oc3c2c(=O)n(C)c2ccccc32)c2cc(F)ccc21. The first-order chi connectivity index (χ1) is 13.5. The number of esters is 1. The van der Waals surface area contributed by atoms with Crippen LogP contribution in [0.25, 0.3) is 21.8 Å². The number of hydrogen-bond donors (Lipinski definition) is 0. The second-order valence-corrected chi connectivity index (χ2v) is 7.21. The Labute approximate surface area is 159 Å². The van der Waals surface area contributed by atoms with Gasteiger partial charge in [-0.2, -0.15) is 0 Å². The van der Waals surface area contributed by atoms with Gasteiger partial charge in [-0.1, -0.05) is 12.1 Å². The highest BCUT2D eigenvalue weighted by Gasteiger charge is 2.35. The normalized spacial score (nSPS) is 16.4. The summed E-state index contributed by atoms with van der Waals surface area (Å²) in [6, 6.07) is 11.9. The molecule has 0 N–H and O–H groups in total. The van der Waals surface area contributed by atoms with Crippen molar-refractivity contribution in [2.75, 3.05) is 0 Å². The molecule has 0 amide bonds. The molecule has 0 aliphatic carbocycles. The molecule has 1 aliphatic rings. The summed E-state index contributed by atoms with van der Waals surface area (Å²) in [6.45, 7) is 0. The monoisotopic (exact) mass is 376 g/mol. The molecule has 1 aliphatic heterocycles. The first kappa shape index (κ1) is 16.7. The van der Waals surface area contributed by atoms with Crippen molar-refractivity contribution in [3.05, 3.63) is 76.0 Å². The number of benzene rings is 2. The van der Waals surface area contributed by atoms with E-state index in [4.69, 9.17) is 4.74 Å². The molecule has 5 nitrogen and oxygen atoms in total. The van der Waals surface area contributed by atoms with E-state index in [2.05, 4.69) is 0 Å². The van der Waals surface area contributed by atoms with Crippen LogP contribution in [-0.2, 0) is 18.9 Å². The Morgan fingerprint density at radius 3 is 2.64 bits per heavy atom. The van der Waals surface area contributed by atoms with Gasteiger partial charge in [-0.05, 0) is 35.9 Å². The minimum atomic E-state index is -0.495. The fraction of sp³-hybridized carbons (Fsp3) is 0.182. The third kappa shape index (κ3) is 2.24. The average Bonchev–Trinajstić information content (AvgIpc) is 3.01. The number of halogens is 1. The van der Waals surface area contributed by atoms with Crippen LogP contribution in [0.5, 0.6) is 5.75 Å². The number of para-hydroxylation sites is 1. The fourth-order valence-electron chi connectivity index (χ4n) is 4.27. The lowest BCUT2D eigenvalue weighted by molar-refractivity contribution is -0.135. The zero-order chi connectivity index (χ0) is 19.6. The molecular weight excluding hydrogens is 359 g/mol. The quantitative estimate of drug-likeness (QED) is 0.477. The van der Waals surface area contributed by atoms with Gasteiger partial charge >= 0.3 is 5.97 Å². The van der Waals surface area contributed by atoms with Crippen molar-refractivity contribution < 1.29 is 13.9 Å². The largest absolute Gasteiger partial charge is 0.425 e. The van der Waals surface area contributed by atoms with Crippen LogP contribution in [0.2, 0.25) is 0 Å². The summed E-state index contributed by atoms with van der Waals surface area (Å²) < 4.78 is 23.0. The summed E-state index contributed by atoms with van der Waals surface area (Å²) in [7, 11) is 3.57. The van der Waals surface area contributed by atoms with E-state index < -0.39 is 11.9 Å². The first-order valence-electron chi connectivity index (χ1n) is 9.02. The van der Waals surface area contributed by atoms with E-state index >= 15 is 0 Å². The van der Waals surface area contributed by atoms with E-state index in [0.29, 0.717) is 27.6 Å². The van der Waals surface area contributed by atoms with Gasteiger partial charge in [0.05, 0.1) is 17.5 Å². The van der Waals surface area contributed by atoms with E-state index in [0.717, 1.165) is 11.1 Å². The number of rotatable bonds is 1. The summed E-state index contributed by atoms with van der Waals surface area (Å²) in [5.74, 6) is -0.937. The number of ether oxygens (including phenoxy) is 1.